The molecular weight excluding hydrogens is 282 g/mol. The van der Waals surface area contributed by atoms with E-state index in [0.29, 0.717) is 5.56 Å². The van der Waals surface area contributed by atoms with E-state index in [1.807, 2.05) is 42.5 Å². The molecule has 0 bridgehead atoms. The molecule has 4 nitrogen and oxygen atoms in total. The molecule has 0 spiro atoms. The maximum absolute atomic E-state index is 8.95. The number of hydrogen-bond donors (Lipinski definition) is 0. The molecule has 0 radical (unpaired) electrons. The SMILES string of the molecule is COc1ccc(-c2nnc(-c3cccc(C#N)c3)s2)cc1. The lowest BCUT2D eigenvalue weighted by Crippen LogP contribution is -1.82. The Labute approximate surface area is 126 Å². The predicted octanol–water partition coefficient (Wildman–Crippen LogP) is 3.75. The number of methoxy groups -OCH3 is 1. The van der Waals surface area contributed by atoms with E-state index in [4.69, 9.17) is 10.00 Å². The molecule has 3 rings (SSSR count). The van der Waals surface area contributed by atoms with Gasteiger partial charge in [-0.2, -0.15) is 5.26 Å². The van der Waals surface area contributed by atoms with E-state index in [-0.39, 0.29) is 0 Å². The highest BCUT2D eigenvalue weighted by Gasteiger charge is 2.09. The van der Waals surface area contributed by atoms with Gasteiger partial charge in [-0.15, -0.1) is 10.2 Å². The molecule has 0 unspecified atom stereocenters. The van der Waals surface area contributed by atoms with Gasteiger partial charge >= 0.3 is 0 Å². The smallest absolute Gasteiger partial charge is 0.148 e. The van der Waals surface area contributed by atoms with E-state index < -0.39 is 0 Å². The van der Waals surface area contributed by atoms with Crippen molar-refractivity contribution in [3.63, 3.8) is 0 Å². The highest BCUT2D eigenvalue weighted by atomic mass is 32.1. The van der Waals surface area contributed by atoms with Gasteiger partial charge in [0.15, 0.2) is 0 Å². The third kappa shape index (κ3) is 2.76. The van der Waals surface area contributed by atoms with Crippen LogP contribution in [0.15, 0.2) is 48.5 Å². The number of benzene rings is 2. The van der Waals surface area contributed by atoms with Gasteiger partial charge in [0.1, 0.15) is 15.8 Å². The number of rotatable bonds is 3. The highest BCUT2D eigenvalue weighted by Crippen LogP contribution is 2.30. The lowest BCUT2D eigenvalue weighted by atomic mass is 10.1. The molecule has 21 heavy (non-hydrogen) atoms. The third-order valence-corrected chi connectivity index (χ3v) is 4.02. The molecule has 0 fully saturated rings. The van der Waals surface area contributed by atoms with E-state index in [2.05, 4.69) is 16.3 Å². The van der Waals surface area contributed by atoms with Crippen molar-refractivity contribution in [2.24, 2.45) is 0 Å². The zero-order chi connectivity index (χ0) is 14.7. The molecule has 1 heterocycles. The van der Waals surface area contributed by atoms with Gasteiger partial charge in [-0.1, -0.05) is 23.5 Å². The maximum Gasteiger partial charge on any atom is 0.148 e. The summed E-state index contributed by atoms with van der Waals surface area (Å²) in [5, 5.41) is 19.0. The minimum atomic E-state index is 0.619. The maximum atomic E-state index is 8.95. The summed E-state index contributed by atoms with van der Waals surface area (Å²) in [5.41, 5.74) is 2.52. The first-order valence-corrected chi connectivity index (χ1v) is 7.10. The molecule has 1 aromatic heterocycles. The number of ether oxygens (including phenoxy) is 1. The molecule has 0 saturated heterocycles. The molecule has 0 amide bonds. The van der Waals surface area contributed by atoms with Crippen LogP contribution in [-0.2, 0) is 0 Å². The minimum absolute atomic E-state index is 0.619. The van der Waals surface area contributed by atoms with Gasteiger partial charge in [0.25, 0.3) is 0 Å². The molecule has 5 heteroatoms. The Hall–Kier alpha value is -2.71. The van der Waals surface area contributed by atoms with E-state index in [1.54, 1.807) is 13.2 Å². The monoisotopic (exact) mass is 293 g/mol. The Morgan fingerprint density at radius 3 is 2.38 bits per heavy atom. The van der Waals surface area contributed by atoms with Crippen molar-refractivity contribution < 1.29 is 4.74 Å². The van der Waals surface area contributed by atoms with Crippen LogP contribution >= 0.6 is 11.3 Å². The standard InChI is InChI=1S/C16H11N3OS/c1-20-14-7-5-12(6-8-14)15-18-19-16(21-15)13-4-2-3-11(9-13)10-17/h2-9H,1H3. The summed E-state index contributed by atoms with van der Waals surface area (Å²) < 4.78 is 5.14. The van der Waals surface area contributed by atoms with Crippen LogP contribution in [0.3, 0.4) is 0 Å². The van der Waals surface area contributed by atoms with Gasteiger partial charge in [0, 0.05) is 11.1 Å². The van der Waals surface area contributed by atoms with E-state index >= 15 is 0 Å². The summed E-state index contributed by atoms with van der Waals surface area (Å²) in [4.78, 5) is 0. The lowest BCUT2D eigenvalue weighted by Gasteiger charge is -1.99. The summed E-state index contributed by atoms with van der Waals surface area (Å²) >= 11 is 1.50. The quantitative estimate of drug-likeness (QED) is 0.738. The van der Waals surface area contributed by atoms with Gasteiger partial charge in [-0.3, -0.25) is 0 Å². The van der Waals surface area contributed by atoms with Crippen LogP contribution in [0, 0.1) is 11.3 Å². The van der Waals surface area contributed by atoms with Gasteiger partial charge in [-0.05, 0) is 36.4 Å². The summed E-state index contributed by atoms with van der Waals surface area (Å²) in [5.74, 6) is 0.810. The van der Waals surface area contributed by atoms with Crippen LogP contribution in [0.2, 0.25) is 0 Å². The Bertz CT molecular complexity index is 803. The molecule has 0 aliphatic rings. The van der Waals surface area contributed by atoms with Gasteiger partial charge in [0.2, 0.25) is 0 Å². The van der Waals surface area contributed by atoms with Crippen LogP contribution in [0.5, 0.6) is 5.75 Å². The Morgan fingerprint density at radius 2 is 1.71 bits per heavy atom. The molecular formula is C16H11N3OS. The zero-order valence-electron chi connectivity index (χ0n) is 11.3. The summed E-state index contributed by atoms with van der Waals surface area (Å²) in [7, 11) is 1.64. The average molecular weight is 293 g/mol. The number of aromatic nitrogens is 2. The first-order chi connectivity index (χ1) is 10.3. The van der Waals surface area contributed by atoms with Crippen LogP contribution in [-0.4, -0.2) is 17.3 Å². The second-order valence-electron chi connectivity index (χ2n) is 4.33. The second kappa shape index (κ2) is 5.73. The summed E-state index contributed by atoms with van der Waals surface area (Å²) in [6.45, 7) is 0. The molecule has 0 aliphatic heterocycles. The Kier molecular flexibility index (Phi) is 3.63. The molecule has 0 aliphatic carbocycles. The van der Waals surface area contributed by atoms with Crippen molar-refractivity contribution in [2.45, 2.75) is 0 Å². The lowest BCUT2D eigenvalue weighted by molar-refractivity contribution is 0.415. The van der Waals surface area contributed by atoms with Gasteiger partial charge < -0.3 is 4.74 Å². The van der Waals surface area contributed by atoms with Gasteiger partial charge in [-0.25, -0.2) is 0 Å². The molecule has 0 saturated carbocycles. The van der Waals surface area contributed by atoms with Crippen molar-refractivity contribution >= 4 is 11.3 Å². The molecule has 102 valence electrons. The van der Waals surface area contributed by atoms with Crippen molar-refractivity contribution in [3.8, 4) is 33.0 Å². The molecule has 3 aromatic rings. The number of hydrogen-bond acceptors (Lipinski definition) is 5. The fraction of sp³-hybridized carbons (Fsp3) is 0.0625. The molecule has 2 aromatic carbocycles. The van der Waals surface area contributed by atoms with Crippen molar-refractivity contribution in [1.29, 1.82) is 5.26 Å². The average Bonchev–Trinajstić information content (AvgIpc) is 3.05. The fourth-order valence-electron chi connectivity index (χ4n) is 1.91. The van der Waals surface area contributed by atoms with Gasteiger partial charge in [0.05, 0.1) is 18.7 Å². The normalized spacial score (nSPS) is 10.1. The Balaban J connectivity index is 1.93. The molecule has 0 N–H and O–H groups in total. The van der Waals surface area contributed by atoms with E-state index in [9.17, 15) is 0 Å². The van der Waals surface area contributed by atoms with Crippen LogP contribution < -0.4 is 4.74 Å². The number of nitriles is 1. The fourth-order valence-corrected chi connectivity index (χ4v) is 2.76. The van der Waals surface area contributed by atoms with E-state index in [0.717, 1.165) is 26.9 Å². The van der Waals surface area contributed by atoms with E-state index in [1.165, 1.54) is 11.3 Å². The van der Waals surface area contributed by atoms with Crippen LogP contribution in [0.1, 0.15) is 5.56 Å². The first kappa shape index (κ1) is 13.3. The van der Waals surface area contributed by atoms with Crippen molar-refractivity contribution in [3.05, 3.63) is 54.1 Å². The minimum Gasteiger partial charge on any atom is -0.497 e. The summed E-state index contributed by atoms with van der Waals surface area (Å²) in [6, 6.07) is 17.2. The van der Waals surface area contributed by atoms with Crippen molar-refractivity contribution in [1.82, 2.24) is 10.2 Å². The van der Waals surface area contributed by atoms with Crippen LogP contribution in [0.25, 0.3) is 21.1 Å². The highest BCUT2D eigenvalue weighted by molar-refractivity contribution is 7.17. The van der Waals surface area contributed by atoms with Crippen molar-refractivity contribution in [2.75, 3.05) is 7.11 Å². The largest absolute Gasteiger partial charge is 0.497 e. The topological polar surface area (TPSA) is 58.8 Å². The Morgan fingerprint density at radius 1 is 1.00 bits per heavy atom. The zero-order valence-corrected chi connectivity index (χ0v) is 12.1. The summed E-state index contributed by atoms with van der Waals surface area (Å²) in [6.07, 6.45) is 0. The predicted molar refractivity (Wildman–Crippen MR) is 82.0 cm³/mol. The molecule has 0 atom stereocenters. The van der Waals surface area contributed by atoms with Crippen LogP contribution in [0.4, 0.5) is 0 Å². The first-order valence-electron chi connectivity index (χ1n) is 6.28. The second-order valence-corrected chi connectivity index (χ2v) is 5.31. The third-order valence-electron chi connectivity index (χ3n) is 3.00. The number of nitrogens with zero attached hydrogens (tertiary/aromatic N) is 3.